The standard InChI is InChI=1S/C25H25NO3S/c1-17-6-4-7-18(12-17)13-21(24-8-5-11-30-24)25(27)26-10-9-19-14-22(28-2)23(29-3)15-20(19)16-26/h4-8,11-15H,9-10,16H2,1-3H3/b21-13-. The molecule has 154 valence electrons. The van der Waals surface area contributed by atoms with E-state index in [0.717, 1.165) is 33.7 Å². The molecule has 0 saturated heterocycles. The summed E-state index contributed by atoms with van der Waals surface area (Å²) in [6.07, 6.45) is 2.80. The number of ether oxygens (including phenoxy) is 2. The minimum Gasteiger partial charge on any atom is -0.493 e. The Morgan fingerprint density at radius 3 is 2.47 bits per heavy atom. The first-order valence-electron chi connectivity index (χ1n) is 9.94. The number of rotatable bonds is 5. The topological polar surface area (TPSA) is 38.8 Å². The van der Waals surface area contributed by atoms with Gasteiger partial charge in [0, 0.05) is 18.0 Å². The molecule has 5 heteroatoms. The van der Waals surface area contributed by atoms with Gasteiger partial charge in [-0.25, -0.2) is 0 Å². The highest BCUT2D eigenvalue weighted by molar-refractivity contribution is 7.11. The lowest BCUT2D eigenvalue weighted by Crippen LogP contribution is -2.36. The van der Waals surface area contributed by atoms with Gasteiger partial charge in [0.25, 0.3) is 5.91 Å². The van der Waals surface area contributed by atoms with Gasteiger partial charge in [-0.15, -0.1) is 11.3 Å². The molecular formula is C25H25NO3S. The number of carbonyl (C=O) groups excluding carboxylic acids is 1. The lowest BCUT2D eigenvalue weighted by atomic mass is 9.97. The molecule has 0 aliphatic carbocycles. The second-order valence-corrected chi connectivity index (χ2v) is 8.35. The van der Waals surface area contributed by atoms with Crippen LogP contribution in [-0.2, 0) is 17.8 Å². The number of carbonyl (C=O) groups is 1. The second kappa shape index (κ2) is 8.76. The molecular weight excluding hydrogens is 394 g/mol. The second-order valence-electron chi connectivity index (χ2n) is 7.40. The molecule has 0 atom stereocenters. The van der Waals surface area contributed by atoms with Gasteiger partial charge in [0.05, 0.1) is 19.8 Å². The summed E-state index contributed by atoms with van der Waals surface area (Å²) in [5, 5.41) is 2.01. The molecule has 30 heavy (non-hydrogen) atoms. The van der Waals surface area contributed by atoms with Gasteiger partial charge >= 0.3 is 0 Å². The van der Waals surface area contributed by atoms with Gasteiger partial charge in [0.1, 0.15) is 0 Å². The van der Waals surface area contributed by atoms with Crippen LogP contribution in [0.1, 0.15) is 27.1 Å². The van der Waals surface area contributed by atoms with Crippen LogP contribution in [0, 0.1) is 6.92 Å². The lowest BCUT2D eigenvalue weighted by molar-refractivity contribution is -0.125. The normalized spacial score (nSPS) is 13.7. The highest BCUT2D eigenvalue weighted by Crippen LogP contribution is 2.34. The zero-order chi connectivity index (χ0) is 21.1. The van der Waals surface area contributed by atoms with Crippen molar-refractivity contribution < 1.29 is 14.3 Å². The Bertz CT molecular complexity index is 1090. The molecule has 0 bridgehead atoms. The predicted molar refractivity (Wildman–Crippen MR) is 122 cm³/mol. The van der Waals surface area contributed by atoms with Gasteiger partial charge in [-0.05, 0) is 59.7 Å². The highest BCUT2D eigenvalue weighted by Gasteiger charge is 2.26. The highest BCUT2D eigenvalue weighted by atomic mass is 32.1. The fourth-order valence-corrected chi connectivity index (χ4v) is 4.56. The van der Waals surface area contributed by atoms with Gasteiger partial charge in [0.15, 0.2) is 11.5 Å². The number of amides is 1. The third-order valence-corrected chi connectivity index (χ3v) is 6.28. The molecule has 1 amide bonds. The van der Waals surface area contributed by atoms with Gasteiger partial charge < -0.3 is 14.4 Å². The van der Waals surface area contributed by atoms with Crippen LogP contribution in [0.2, 0.25) is 0 Å². The van der Waals surface area contributed by atoms with Crippen LogP contribution >= 0.6 is 11.3 Å². The van der Waals surface area contributed by atoms with E-state index in [-0.39, 0.29) is 5.91 Å². The predicted octanol–water partition coefficient (Wildman–Crippen LogP) is 5.20. The van der Waals surface area contributed by atoms with Crippen molar-refractivity contribution in [3.8, 4) is 11.5 Å². The van der Waals surface area contributed by atoms with Gasteiger partial charge in [-0.1, -0.05) is 35.9 Å². The Hall–Kier alpha value is -3.05. The summed E-state index contributed by atoms with van der Waals surface area (Å²) in [6.45, 7) is 3.30. The summed E-state index contributed by atoms with van der Waals surface area (Å²) in [6, 6.07) is 16.2. The summed E-state index contributed by atoms with van der Waals surface area (Å²) < 4.78 is 10.9. The molecule has 3 aromatic rings. The Kier molecular flexibility index (Phi) is 5.91. The van der Waals surface area contributed by atoms with Crippen LogP contribution in [0.15, 0.2) is 53.9 Å². The third kappa shape index (κ3) is 4.12. The van der Waals surface area contributed by atoms with E-state index in [0.29, 0.717) is 18.8 Å². The third-order valence-electron chi connectivity index (χ3n) is 5.38. The number of nitrogens with zero attached hydrogens (tertiary/aromatic N) is 1. The molecule has 1 aromatic heterocycles. The van der Waals surface area contributed by atoms with Crippen molar-refractivity contribution in [1.29, 1.82) is 0 Å². The van der Waals surface area contributed by atoms with E-state index in [2.05, 4.69) is 19.1 Å². The lowest BCUT2D eigenvalue weighted by Gasteiger charge is -2.30. The molecule has 0 spiro atoms. The minimum absolute atomic E-state index is 0.0550. The van der Waals surface area contributed by atoms with Gasteiger partial charge in [-0.3, -0.25) is 4.79 Å². The molecule has 1 aliphatic rings. The average Bonchev–Trinajstić information content (AvgIpc) is 3.30. The first-order chi connectivity index (χ1) is 14.6. The van der Waals surface area contributed by atoms with Gasteiger partial charge in [0.2, 0.25) is 0 Å². The Balaban J connectivity index is 1.66. The molecule has 2 aromatic carbocycles. The van der Waals surface area contributed by atoms with Crippen LogP contribution in [0.5, 0.6) is 11.5 Å². The van der Waals surface area contributed by atoms with Crippen LogP contribution in [0.4, 0.5) is 0 Å². The zero-order valence-electron chi connectivity index (χ0n) is 17.5. The van der Waals surface area contributed by atoms with Crippen molar-refractivity contribution in [2.75, 3.05) is 20.8 Å². The van der Waals surface area contributed by atoms with Crippen LogP contribution < -0.4 is 9.47 Å². The van der Waals surface area contributed by atoms with E-state index in [1.807, 2.05) is 52.8 Å². The Morgan fingerprint density at radius 2 is 1.80 bits per heavy atom. The molecule has 0 radical (unpaired) electrons. The van der Waals surface area contributed by atoms with E-state index >= 15 is 0 Å². The maximum Gasteiger partial charge on any atom is 0.255 e. The van der Waals surface area contributed by atoms with E-state index < -0.39 is 0 Å². The molecule has 4 nitrogen and oxygen atoms in total. The van der Waals surface area contributed by atoms with Crippen molar-refractivity contribution in [2.24, 2.45) is 0 Å². The van der Waals surface area contributed by atoms with E-state index in [1.54, 1.807) is 25.6 Å². The van der Waals surface area contributed by atoms with E-state index in [4.69, 9.17) is 9.47 Å². The van der Waals surface area contributed by atoms with Crippen molar-refractivity contribution in [1.82, 2.24) is 4.90 Å². The van der Waals surface area contributed by atoms with Crippen molar-refractivity contribution in [2.45, 2.75) is 19.9 Å². The van der Waals surface area contributed by atoms with Crippen LogP contribution in [0.3, 0.4) is 0 Å². The molecule has 0 fully saturated rings. The van der Waals surface area contributed by atoms with Crippen LogP contribution in [0.25, 0.3) is 11.6 Å². The van der Waals surface area contributed by atoms with Crippen LogP contribution in [-0.4, -0.2) is 31.6 Å². The Morgan fingerprint density at radius 1 is 1.03 bits per heavy atom. The average molecular weight is 420 g/mol. The number of fused-ring (bicyclic) bond motifs is 1. The summed E-state index contributed by atoms with van der Waals surface area (Å²) in [5.41, 5.74) is 5.26. The molecule has 0 unspecified atom stereocenters. The number of thiophene rings is 1. The van der Waals surface area contributed by atoms with E-state index in [9.17, 15) is 4.79 Å². The minimum atomic E-state index is 0.0550. The van der Waals surface area contributed by atoms with Crippen molar-refractivity contribution in [3.05, 3.63) is 81.0 Å². The summed E-state index contributed by atoms with van der Waals surface area (Å²) in [7, 11) is 3.28. The number of hydrogen-bond donors (Lipinski definition) is 0. The fourth-order valence-electron chi connectivity index (χ4n) is 3.82. The largest absolute Gasteiger partial charge is 0.493 e. The van der Waals surface area contributed by atoms with Crippen molar-refractivity contribution in [3.63, 3.8) is 0 Å². The number of aryl methyl sites for hydroxylation is 1. The van der Waals surface area contributed by atoms with E-state index in [1.165, 1.54) is 11.1 Å². The summed E-state index contributed by atoms with van der Waals surface area (Å²) in [4.78, 5) is 16.5. The number of methoxy groups -OCH3 is 2. The number of hydrogen-bond acceptors (Lipinski definition) is 4. The van der Waals surface area contributed by atoms with Crippen molar-refractivity contribution >= 4 is 28.9 Å². The summed E-state index contributed by atoms with van der Waals surface area (Å²) >= 11 is 1.59. The fraction of sp³-hybridized carbons (Fsp3) is 0.240. The maximum atomic E-state index is 13.6. The Labute approximate surface area is 181 Å². The van der Waals surface area contributed by atoms with Gasteiger partial charge in [-0.2, -0.15) is 0 Å². The quantitative estimate of drug-likeness (QED) is 0.534. The first kappa shape index (κ1) is 20.2. The molecule has 1 aliphatic heterocycles. The maximum absolute atomic E-state index is 13.6. The molecule has 0 N–H and O–H groups in total. The molecule has 4 rings (SSSR count). The number of benzene rings is 2. The SMILES string of the molecule is COc1cc2c(cc1OC)CN(C(=O)/C(=C\c1cccc(C)c1)c1cccs1)CC2. The smallest absolute Gasteiger partial charge is 0.255 e. The molecule has 0 saturated carbocycles. The summed E-state index contributed by atoms with van der Waals surface area (Å²) in [5.74, 6) is 1.48. The monoisotopic (exact) mass is 419 g/mol. The molecule has 2 heterocycles. The zero-order valence-corrected chi connectivity index (χ0v) is 18.3. The first-order valence-corrected chi connectivity index (χ1v) is 10.8.